The lowest BCUT2D eigenvalue weighted by molar-refractivity contribution is -0.154. The number of hydrogen-bond donors (Lipinski definition) is 2. The van der Waals surface area contributed by atoms with Crippen molar-refractivity contribution in [2.75, 3.05) is 13.2 Å². The second-order valence-corrected chi connectivity index (χ2v) is 4.91. The highest BCUT2D eigenvalue weighted by Gasteiger charge is 2.28. The van der Waals surface area contributed by atoms with E-state index in [0.29, 0.717) is 0 Å². The molecule has 0 aliphatic heterocycles. The predicted octanol–water partition coefficient (Wildman–Crippen LogP) is 2.49. The van der Waals surface area contributed by atoms with Crippen LogP contribution in [-0.2, 0) is 0 Å². The second kappa shape index (κ2) is 7.78. The summed E-state index contributed by atoms with van der Waals surface area (Å²) < 4.78 is 40.6. The maximum absolute atomic E-state index is 12.1. The van der Waals surface area contributed by atoms with Gasteiger partial charge in [-0.25, -0.2) is 4.98 Å². The molecule has 0 fully saturated rings. The molecular formula is C16H15F3N2O3. The van der Waals surface area contributed by atoms with Crippen LogP contribution in [0.3, 0.4) is 0 Å². The minimum Gasteiger partial charge on any atom is -0.468 e. The summed E-state index contributed by atoms with van der Waals surface area (Å²) in [5, 5.41) is 12.0. The van der Waals surface area contributed by atoms with Gasteiger partial charge in [0.25, 0.3) is 5.91 Å². The Labute approximate surface area is 136 Å². The van der Waals surface area contributed by atoms with E-state index in [1.54, 1.807) is 24.3 Å². The molecule has 1 aromatic heterocycles. The Hall–Kier alpha value is -2.61. The minimum atomic E-state index is -4.46. The van der Waals surface area contributed by atoms with Crippen LogP contribution >= 0.6 is 0 Å². The SMILES string of the molecule is O=C(NC(CO)c1ccccc1)c1ccc(OCC(F)(F)F)nc1. The molecule has 1 unspecified atom stereocenters. The number of halogens is 3. The highest BCUT2D eigenvalue weighted by atomic mass is 19.4. The lowest BCUT2D eigenvalue weighted by atomic mass is 10.1. The number of hydrogen-bond acceptors (Lipinski definition) is 4. The van der Waals surface area contributed by atoms with Gasteiger partial charge in [-0.2, -0.15) is 13.2 Å². The summed E-state index contributed by atoms with van der Waals surface area (Å²) in [5.41, 5.74) is 0.871. The number of nitrogens with zero attached hydrogens (tertiary/aromatic N) is 1. The van der Waals surface area contributed by atoms with E-state index in [2.05, 4.69) is 15.0 Å². The highest BCUT2D eigenvalue weighted by molar-refractivity contribution is 5.94. The zero-order valence-electron chi connectivity index (χ0n) is 12.5. The van der Waals surface area contributed by atoms with Crippen LogP contribution in [0, 0.1) is 0 Å². The summed E-state index contributed by atoms with van der Waals surface area (Å²) in [4.78, 5) is 15.8. The zero-order chi connectivity index (χ0) is 17.6. The minimum absolute atomic E-state index is 0.142. The van der Waals surface area contributed by atoms with Gasteiger partial charge in [-0.05, 0) is 11.6 Å². The van der Waals surface area contributed by atoms with Crippen molar-refractivity contribution >= 4 is 5.91 Å². The largest absolute Gasteiger partial charge is 0.468 e. The Balaban J connectivity index is 1.99. The summed E-state index contributed by atoms with van der Waals surface area (Å²) in [5.74, 6) is -0.738. The van der Waals surface area contributed by atoms with Crippen molar-refractivity contribution in [2.24, 2.45) is 0 Å². The number of aromatic nitrogens is 1. The van der Waals surface area contributed by atoms with Gasteiger partial charge in [0, 0.05) is 12.3 Å². The summed E-state index contributed by atoms with van der Waals surface area (Å²) >= 11 is 0. The molecule has 0 aliphatic rings. The third-order valence-electron chi connectivity index (χ3n) is 3.07. The third-order valence-corrected chi connectivity index (χ3v) is 3.07. The average Bonchev–Trinajstić information content (AvgIpc) is 2.58. The van der Waals surface area contributed by atoms with Crippen LogP contribution in [0.4, 0.5) is 13.2 Å². The topological polar surface area (TPSA) is 71.5 Å². The van der Waals surface area contributed by atoms with Crippen molar-refractivity contribution in [3.8, 4) is 5.88 Å². The van der Waals surface area contributed by atoms with E-state index in [1.165, 1.54) is 12.1 Å². The van der Waals surface area contributed by atoms with Gasteiger partial charge in [-0.1, -0.05) is 30.3 Å². The smallest absolute Gasteiger partial charge is 0.422 e. The van der Waals surface area contributed by atoms with E-state index in [9.17, 15) is 23.1 Å². The van der Waals surface area contributed by atoms with E-state index in [-0.39, 0.29) is 18.1 Å². The zero-order valence-corrected chi connectivity index (χ0v) is 12.5. The molecular weight excluding hydrogens is 325 g/mol. The first-order valence-electron chi connectivity index (χ1n) is 7.01. The number of benzene rings is 1. The van der Waals surface area contributed by atoms with Crippen LogP contribution < -0.4 is 10.1 Å². The van der Waals surface area contributed by atoms with E-state index in [4.69, 9.17) is 0 Å². The maximum atomic E-state index is 12.1. The van der Waals surface area contributed by atoms with Crippen LogP contribution in [0.25, 0.3) is 0 Å². The number of aliphatic hydroxyl groups is 1. The highest BCUT2D eigenvalue weighted by Crippen LogP contribution is 2.17. The van der Waals surface area contributed by atoms with Gasteiger partial charge < -0.3 is 15.2 Å². The molecule has 0 spiro atoms. The van der Waals surface area contributed by atoms with Gasteiger partial charge in [0.2, 0.25) is 5.88 Å². The first kappa shape index (κ1) is 17.7. The molecule has 2 N–H and O–H groups in total. The number of pyridine rings is 1. The monoisotopic (exact) mass is 340 g/mol. The quantitative estimate of drug-likeness (QED) is 0.848. The number of amides is 1. The Morgan fingerprint density at radius 2 is 1.92 bits per heavy atom. The standard InChI is InChI=1S/C16H15F3N2O3/c17-16(18,19)10-24-14-7-6-12(8-20-14)15(23)21-13(9-22)11-4-2-1-3-5-11/h1-8,13,22H,9-10H2,(H,21,23). The Bertz CT molecular complexity index is 661. The van der Waals surface area contributed by atoms with Crippen LogP contribution in [0.15, 0.2) is 48.7 Å². The molecule has 5 nitrogen and oxygen atoms in total. The summed E-state index contributed by atoms with van der Waals surface area (Å²) in [6.45, 7) is -1.75. The Morgan fingerprint density at radius 1 is 1.21 bits per heavy atom. The van der Waals surface area contributed by atoms with E-state index in [0.717, 1.165) is 11.8 Å². The van der Waals surface area contributed by atoms with E-state index in [1.807, 2.05) is 6.07 Å². The lowest BCUT2D eigenvalue weighted by Crippen LogP contribution is -2.30. The molecule has 1 aromatic carbocycles. The van der Waals surface area contributed by atoms with Crippen LogP contribution in [0.1, 0.15) is 22.0 Å². The Kier molecular flexibility index (Phi) is 5.75. The van der Waals surface area contributed by atoms with Gasteiger partial charge in [0.15, 0.2) is 6.61 Å². The van der Waals surface area contributed by atoms with E-state index >= 15 is 0 Å². The molecule has 8 heteroatoms. The summed E-state index contributed by atoms with van der Waals surface area (Å²) in [7, 11) is 0. The normalized spacial score (nSPS) is 12.5. The van der Waals surface area contributed by atoms with Crippen LogP contribution in [-0.4, -0.2) is 35.4 Å². The molecule has 0 bridgehead atoms. The van der Waals surface area contributed by atoms with Crippen molar-refractivity contribution in [1.29, 1.82) is 0 Å². The summed E-state index contributed by atoms with van der Waals surface area (Å²) in [6.07, 6.45) is -3.35. The molecule has 1 atom stereocenters. The molecule has 1 heterocycles. The van der Waals surface area contributed by atoms with Gasteiger partial charge in [0.05, 0.1) is 18.2 Å². The number of carbonyl (C=O) groups excluding carboxylic acids is 1. The lowest BCUT2D eigenvalue weighted by Gasteiger charge is -2.16. The molecule has 0 aliphatic carbocycles. The van der Waals surface area contributed by atoms with E-state index < -0.39 is 24.7 Å². The number of carbonyl (C=O) groups is 1. The first-order chi connectivity index (χ1) is 11.4. The molecule has 1 amide bonds. The van der Waals surface area contributed by atoms with Crippen LogP contribution in [0.2, 0.25) is 0 Å². The number of nitrogens with one attached hydrogen (secondary N) is 1. The fourth-order valence-electron chi connectivity index (χ4n) is 1.92. The van der Waals surface area contributed by atoms with Gasteiger partial charge in [-0.3, -0.25) is 4.79 Å². The fraction of sp³-hybridized carbons (Fsp3) is 0.250. The van der Waals surface area contributed by atoms with Gasteiger partial charge in [0.1, 0.15) is 0 Å². The van der Waals surface area contributed by atoms with Gasteiger partial charge in [-0.15, -0.1) is 0 Å². The molecule has 24 heavy (non-hydrogen) atoms. The number of aliphatic hydroxyl groups excluding tert-OH is 1. The fourth-order valence-corrected chi connectivity index (χ4v) is 1.92. The molecule has 2 aromatic rings. The predicted molar refractivity (Wildman–Crippen MR) is 79.5 cm³/mol. The van der Waals surface area contributed by atoms with Crippen molar-refractivity contribution in [1.82, 2.24) is 10.3 Å². The van der Waals surface area contributed by atoms with Crippen molar-refractivity contribution in [3.63, 3.8) is 0 Å². The maximum Gasteiger partial charge on any atom is 0.422 e. The number of ether oxygens (including phenoxy) is 1. The molecule has 0 saturated carbocycles. The van der Waals surface area contributed by atoms with Crippen molar-refractivity contribution in [2.45, 2.75) is 12.2 Å². The van der Waals surface area contributed by atoms with Crippen molar-refractivity contribution in [3.05, 3.63) is 59.8 Å². The molecule has 128 valence electrons. The molecule has 2 rings (SSSR count). The number of rotatable bonds is 6. The average molecular weight is 340 g/mol. The summed E-state index contributed by atoms with van der Waals surface area (Å²) in [6, 6.07) is 10.8. The van der Waals surface area contributed by atoms with Crippen molar-refractivity contribution < 1.29 is 27.8 Å². The van der Waals surface area contributed by atoms with Crippen LogP contribution in [0.5, 0.6) is 5.88 Å². The van der Waals surface area contributed by atoms with Gasteiger partial charge >= 0.3 is 6.18 Å². The second-order valence-electron chi connectivity index (χ2n) is 4.91. The molecule has 0 saturated heterocycles. The third kappa shape index (κ3) is 5.24. The first-order valence-corrected chi connectivity index (χ1v) is 7.01. The Morgan fingerprint density at radius 3 is 2.46 bits per heavy atom. The molecule has 0 radical (unpaired) electrons. The number of alkyl halides is 3.